The zero-order chi connectivity index (χ0) is 16.1. The molecule has 0 spiro atoms. The molecule has 1 aliphatic heterocycles. The molecule has 1 saturated heterocycles. The molecule has 1 N–H and O–H groups in total. The van der Waals surface area contributed by atoms with Crippen molar-refractivity contribution in [1.29, 1.82) is 0 Å². The number of anilines is 3. The van der Waals surface area contributed by atoms with Gasteiger partial charge in [-0.15, -0.1) is 6.58 Å². The lowest BCUT2D eigenvalue weighted by molar-refractivity contribution is 0.640. The van der Waals surface area contributed by atoms with Gasteiger partial charge in [-0.25, -0.2) is 4.98 Å². The van der Waals surface area contributed by atoms with E-state index in [1.165, 1.54) is 11.3 Å². The largest absolute Gasteiger partial charge is 0.368 e. The Morgan fingerprint density at radius 1 is 1.17 bits per heavy atom. The van der Waals surface area contributed by atoms with Crippen molar-refractivity contribution in [2.75, 3.05) is 47.8 Å². The molecule has 0 unspecified atom stereocenters. The van der Waals surface area contributed by atoms with Crippen LogP contribution in [0, 0.1) is 6.92 Å². The number of hydrogen-bond donors (Lipinski definition) is 1. The molecule has 0 radical (unpaired) electrons. The summed E-state index contributed by atoms with van der Waals surface area (Å²) in [6, 6.07) is 10.6. The summed E-state index contributed by atoms with van der Waals surface area (Å²) < 4.78 is 0. The first kappa shape index (κ1) is 15.3. The van der Waals surface area contributed by atoms with Crippen LogP contribution in [0.4, 0.5) is 17.5 Å². The maximum Gasteiger partial charge on any atom is 0.227 e. The van der Waals surface area contributed by atoms with Crippen LogP contribution < -0.4 is 15.1 Å². The summed E-state index contributed by atoms with van der Waals surface area (Å²) in [5, 5.41) is 3.21. The summed E-state index contributed by atoms with van der Waals surface area (Å²) in [5.41, 5.74) is 2.60. The molecule has 1 aliphatic rings. The number of aromatic nitrogens is 2. The van der Waals surface area contributed by atoms with E-state index >= 15 is 0 Å². The van der Waals surface area contributed by atoms with Gasteiger partial charge in [0, 0.05) is 44.6 Å². The number of nitrogens with zero attached hydrogens (tertiary/aromatic N) is 4. The van der Waals surface area contributed by atoms with E-state index < -0.39 is 0 Å². The highest BCUT2D eigenvalue weighted by Gasteiger charge is 2.19. The third kappa shape index (κ3) is 3.80. The molecule has 0 atom stereocenters. The molecular weight excluding hydrogens is 286 g/mol. The van der Waals surface area contributed by atoms with Gasteiger partial charge in [0.25, 0.3) is 0 Å². The van der Waals surface area contributed by atoms with E-state index in [2.05, 4.69) is 62.9 Å². The van der Waals surface area contributed by atoms with E-state index in [-0.39, 0.29) is 0 Å². The number of nitrogens with one attached hydrogen (secondary N) is 1. The Kier molecular flexibility index (Phi) is 4.76. The van der Waals surface area contributed by atoms with Crippen LogP contribution in [-0.4, -0.2) is 42.7 Å². The third-order valence-electron chi connectivity index (χ3n) is 4.00. The molecule has 1 aromatic carbocycles. The molecule has 23 heavy (non-hydrogen) atoms. The molecule has 0 aliphatic carbocycles. The van der Waals surface area contributed by atoms with Gasteiger partial charge in [-0.3, -0.25) is 0 Å². The van der Waals surface area contributed by atoms with Gasteiger partial charge in [-0.05, 0) is 30.7 Å². The van der Waals surface area contributed by atoms with E-state index in [9.17, 15) is 0 Å². The lowest BCUT2D eigenvalue weighted by Gasteiger charge is -2.36. The minimum absolute atomic E-state index is 0.706. The molecule has 1 aromatic heterocycles. The number of benzene rings is 1. The highest BCUT2D eigenvalue weighted by atomic mass is 15.3. The standard InChI is InChI=1S/C18H23N5/c1-3-8-19-17-7-9-20-18(21-17)23-12-10-22(11-13-23)16-6-4-5-15(2)14-16/h3-7,9,14H,1,8,10-13H2,2H3,(H,19,20,21). The fourth-order valence-corrected chi connectivity index (χ4v) is 2.77. The quantitative estimate of drug-likeness (QED) is 0.860. The Hall–Kier alpha value is -2.56. The summed E-state index contributed by atoms with van der Waals surface area (Å²) >= 11 is 0. The summed E-state index contributed by atoms with van der Waals surface area (Å²) in [7, 11) is 0. The average Bonchev–Trinajstić information content (AvgIpc) is 2.60. The summed E-state index contributed by atoms with van der Waals surface area (Å²) in [6.07, 6.45) is 3.63. The van der Waals surface area contributed by atoms with E-state index in [1.54, 1.807) is 6.20 Å². The highest BCUT2D eigenvalue weighted by Crippen LogP contribution is 2.20. The van der Waals surface area contributed by atoms with Crippen LogP contribution in [0.2, 0.25) is 0 Å². The van der Waals surface area contributed by atoms with Crippen molar-refractivity contribution in [3.8, 4) is 0 Å². The monoisotopic (exact) mass is 309 g/mol. The molecule has 120 valence electrons. The fourth-order valence-electron chi connectivity index (χ4n) is 2.77. The normalized spacial score (nSPS) is 14.7. The maximum absolute atomic E-state index is 4.58. The third-order valence-corrected chi connectivity index (χ3v) is 4.00. The molecule has 5 nitrogen and oxygen atoms in total. The number of aryl methyl sites for hydroxylation is 1. The Morgan fingerprint density at radius 3 is 2.70 bits per heavy atom. The molecule has 3 rings (SSSR count). The van der Waals surface area contributed by atoms with Gasteiger partial charge >= 0.3 is 0 Å². The number of piperazine rings is 1. The Bertz CT molecular complexity index is 662. The van der Waals surface area contributed by atoms with Crippen molar-refractivity contribution in [3.05, 3.63) is 54.7 Å². The summed E-state index contributed by atoms with van der Waals surface area (Å²) in [5.74, 6) is 1.64. The topological polar surface area (TPSA) is 44.3 Å². The first-order valence-electron chi connectivity index (χ1n) is 8.00. The molecule has 5 heteroatoms. The van der Waals surface area contributed by atoms with Gasteiger partial charge < -0.3 is 15.1 Å². The number of hydrogen-bond acceptors (Lipinski definition) is 5. The number of rotatable bonds is 5. The fraction of sp³-hybridized carbons (Fsp3) is 0.333. The first-order chi connectivity index (χ1) is 11.3. The van der Waals surface area contributed by atoms with Crippen LogP contribution in [0.15, 0.2) is 49.2 Å². The van der Waals surface area contributed by atoms with Gasteiger partial charge in [0.15, 0.2) is 0 Å². The van der Waals surface area contributed by atoms with Crippen LogP contribution in [0.5, 0.6) is 0 Å². The summed E-state index contributed by atoms with van der Waals surface area (Å²) in [6.45, 7) is 10.4. The van der Waals surface area contributed by atoms with Crippen LogP contribution >= 0.6 is 0 Å². The van der Waals surface area contributed by atoms with Crippen molar-refractivity contribution in [2.24, 2.45) is 0 Å². The van der Waals surface area contributed by atoms with Gasteiger partial charge in [0.05, 0.1) is 0 Å². The second-order valence-corrected chi connectivity index (χ2v) is 5.72. The van der Waals surface area contributed by atoms with Gasteiger partial charge in [0.2, 0.25) is 5.95 Å². The molecule has 2 aromatic rings. The van der Waals surface area contributed by atoms with E-state index in [1.807, 2.05) is 12.1 Å². The molecule has 2 heterocycles. The van der Waals surface area contributed by atoms with E-state index in [4.69, 9.17) is 0 Å². The van der Waals surface area contributed by atoms with E-state index in [0.29, 0.717) is 6.54 Å². The minimum Gasteiger partial charge on any atom is -0.368 e. The highest BCUT2D eigenvalue weighted by molar-refractivity contribution is 5.50. The average molecular weight is 309 g/mol. The first-order valence-corrected chi connectivity index (χ1v) is 8.00. The van der Waals surface area contributed by atoms with Crippen molar-refractivity contribution in [2.45, 2.75) is 6.92 Å². The molecular formula is C18H23N5. The van der Waals surface area contributed by atoms with Crippen LogP contribution in [0.3, 0.4) is 0 Å². The van der Waals surface area contributed by atoms with Crippen LogP contribution in [-0.2, 0) is 0 Å². The Labute approximate surface area is 137 Å². The lowest BCUT2D eigenvalue weighted by atomic mass is 10.2. The Morgan fingerprint density at radius 2 is 1.96 bits per heavy atom. The molecule has 1 fully saturated rings. The van der Waals surface area contributed by atoms with Gasteiger partial charge in [-0.2, -0.15) is 4.98 Å². The second-order valence-electron chi connectivity index (χ2n) is 5.72. The lowest BCUT2D eigenvalue weighted by Crippen LogP contribution is -2.47. The second kappa shape index (κ2) is 7.13. The molecule has 0 saturated carbocycles. The van der Waals surface area contributed by atoms with Crippen molar-refractivity contribution in [1.82, 2.24) is 9.97 Å². The SMILES string of the molecule is C=CCNc1ccnc(N2CCN(c3cccc(C)c3)CC2)n1. The molecule has 0 bridgehead atoms. The van der Waals surface area contributed by atoms with E-state index in [0.717, 1.165) is 37.9 Å². The zero-order valence-corrected chi connectivity index (χ0v) is 13.6. The predicted molar refractivity (Wildman–Crippen MR) is 96.3 cm³/mol. The van der Waals surface area contributed by atoms with Crippen LogP contribution in [0.25, 0.3) is 0 Å². The van der Waals surface area contributed by atoms with Crippen molar-refractivity contribution in [3.63, 3.8) is 0 Å². The van der Waals surface area contributed by atoms with Crippen LogP contribution in [0.1, 0.15) is 5.56 Å². The Balaban J connectivity index is 1.63. The summed E-state index contributed by atoms with van der Waals surface area (Å²) in [4.78, 5) is 13.7. The predicted octanol–water partition coefficient (Wildman–Crippen LogP) is 2.71. The molecule has 0 amide bonds. The van der Waals surface area contributed by atoms with Gasteiger partial charge in [-0.1, -0.05) is 18.2 Å². The van der Waals surface area contributed by atoms with Crippen molar-refractivity contribution < 1.29 is 0 Å². The minimum atomic E-state index is 0.706. The van der Waals surface area contributed by atoms with Crippen molar-refractivity contribution >= 4 is 17.5 Å². The smallest absolute Gasteiger partial charge is 0.227 e. The maximum atomic E-state index is 4.58. The van der Waals surface area contributed by atoms with Gasteiger partial charge in [0.1, 0.15) is 5.82 Å². The zero-order valence-electron chi connectivity index (χ0n) is 13.6.